The van der Waals surface area contributed by atoms with Crippen LogP contribution in [-0.2, 0) is 16.0 Å². The fourth-order valence-electron chi connectivity index (χ4n) is 3.37. The van der Waals surface area contributed by atoms with Crippen LogP contribution in [0, 0.1) is 0 Å². The molecular weight excluding hydrogens is 366 g/mol. The third-order valence-corrected chi connectivity index (χ3v) is 4.60. The van der Waals surface area contributed by atoms with Crippen molar-refractivity contribution in [3.05, 3.63) is 54.1 Å². The summed E-state index contributed by atoms with van der Waals surface area (Å²) in [7, 11) is 0. The predicted octanol–water partition coefficient (Wildman–Crippen LogP) is 4.62. The van der Waals surface area contributed by atoms with E-state index in [4.69, 9.17) is 4.74 Å². The average Bonchev–Trinajstić information content (AvgIpc) is 3.08. The highest BCUT2D eigenvalue weighted by Gasteiger charge is 2.22. The van der Waals surface area contributed by atoms with Gasteiger partial charge >= 0.3 is 6.09 Å². The van der Waals surface area contributed by atoms with Crippen molar-refractivity contribution >= 4 is 29.1 Å². The molecule has 0 saturated heterocycles. The molecule has 1 aliphatic heterocycles. The summed E-state index contributed by atoms with van der Waals surface area (Å²) in [6, 6.07) is 16.2. The number of carbonyl (C=O) groups is 2. The highest BCUT2D eigenvalue weighted by atomic mass is 16.6. The summed E-state index contributed by atoms with van der Waals surface area (Å²) in [4.78, 5) is 26.3. The third kappa shape index (κ3) is 5.73. The normalized spacial score (nSPS) is 13.0. The van der Waals surface area contributed by atoms with Gasteiger partial charge in [0.05, 0.1) is 11.4 Å². The van der Waals surface area contributed by atoms with Gasteiger partial charge in [0.2, 0.25) is 5.91 Å². The zero-order valence-electron chi connectivity index (χ0n) is 17.3. The molecule has 1 aliphatic rings. The van der Waals surface area contributed by atoms with Crippen molar-refractivity contribution in [3.8, 4) is 0 Å². The van der Waals surface area contributed by atoms with E-state index in [0.717, 1.165) is 24.3 Å². The van der Waals surface area contributed by atoms with E-state index in [9.17, 15) is 9.59 Å². The van der Waals surface area contributed by atoms with E-state index in [-0.39, 0.29) is 5.91 Å². The van der Waals surface area contributed by atoms with Crippen LogP contribution in [0.5, 0.6) is 0 Å². The summed E-state index contributed by atoms with van der Waals surface area (Å²) in [6.07, 6.45) is 1.39. The maximum atomic E-state index is 12.4. The minimum absolute atomic E-state index is 0.0732. The Labute approximate surface area is 172 Å². The zero-order valence-corrected chi connectivity index (χ0v) is 17.3. The lowest BCUT2D eigenvalue weighted by Crippen LogP contribution is -2.33. The van der Waals surface area contributed by atoms with E-state index < -0.39 is 11.7 Å². The lowest BCUT2D eigenvalue weighted by atomic mass is 10.1. The van der Waals surface area contributed by atoms with Gasteiger partial charge in [0.15, 0.2) is 0 Å². The molecule has 0 unspecified atom stereocenters. The van der Waals surface area contributed by atoms with Crippen LogP contribution in [0.4, 0.5) is 21.9 Å². The first-order valence-electron chi connectivity index (χ1n) is 10.0. The Bertz CT molecular complexity index is 874. The first kappa shape index (κ1) is 20.7. The average molecular weight is 396 g/mol. The molecule has 0 saturated carbocycles. The molecule has 2 aromatic rings. The predicted molar refractivity (Wildman–Crippen MR) is 116 cm³/mol. The van der Waals surface area contributed by atoms with Crippen molar-refractivity contribution in [1.29, 1.82) is 0 Å². The molecule has 0 spiro atoms. The molecule has 2 aromatic carbocycles. The summed E-state index contributed by atoms with van der Waals surface area (Å²) >= 11 is 0. The summed E-state index contributed by atoms with van der Waals surface area (Å²) in [5.41, 5.74) is 3.78. The van der Waals surface area contributed by atoms with Gasteiger partial charge < -0.3 is 20.3 Å². The Morgan fingerprint density at radius 3 is 2.48 bits per heavy atom. The number of amides is 2. The van der Waals surface area contributed by atoms with Crippen LogP contribution in [0.15, 0.2) is 48.5 Å². The summed E-state index contributed by atoms with van der Waals surface area (Å²) in [5.74, 6) is -0.0732. The fraction of sp³-hybridized carbons (Fsp3) is 0.391. The smallest absolute Gasteiger partial charge is 0.407 e. The maximum Gasteiger partial charge on any atom is 0.407 e. The number of benzene rings is 2. The van der Waals surface area contributed by atoms with Gasteiger partial charge in [0, 0.05) is 25.2 Å². The first-order valence-corrected chi connectivity index (χ1v) is 10.0. The number of hydrogen-bond acceptors (Lipinski definition) is 4. The highest BCUT2D eigenvalue weighted by molar-refractivity contribution is 5.95. The molecule has 3 rings (SSSR count). The van der Waals surface area contributed by atoms with E-state index in [1.165, 1.54) is 11.3 Å². The van der Waals surface area contributed by atoms with E-state index in [1.54, 1.807) is 0 Å². The minimum Gasteiger partial charge on any atom is -0.444 e. The van der Waals surface area contributed by atoms with Gasteiger partial charge in [-0.2, -0.15) is 0 Å². The molecule has 6 heteroatoms. The molecule has 2 N–H and O–H groups in total. The lowest BCUT2D eigenvalue weighted by molar-refractivity contribution is -0.116. The van der Waals surface area contributed by atoms with Crippen molar-refractivity contribution < 1.29 is 14.3 Å². The number of ether oxygens (including phenoxy) is 1. The Kier molecular flexibility index (Phi) is 6.42. The molecule has 0 aliphatic carbocycles. The quantitative estimate of drug-likeness (QED) is 0.700. The molecule has 1 heterocycles. The molecule has 0 aromatic heterocycles. The SMILES string of the molecule is CC(C)(C)OC(=O)NCCCC(=O)Nc1ccccc1N1CCc2ccccc21. The minimum atomic E-state index is -0.528. The van der Waals surface area contributed by atoms with Gasteiger partial charge in [-0.05, 0) is 57.4 Å². The van der Waals surface area contributed by atoms with Gasteiger partial charge in [-0.15, -0.1) is 0 Å². The first-order chi connectivity index (χ1) is 13.8. The summed E-state index contributed by atoms with van der Waals surface area (Å²) < 4.78 is 5.19. The van der Waals surface area contributed by atoms with E-state index in [2.05, 4.69) is 33.7 Å². The zero-order chi connectivity index (χ0) is 20.9. The molecule has 0 radical (unpaired) electrons. The number of anilines is 3. The Morgan fingerprint density at radius 1 is 1.03 bits per heavy atom. The standard InChI is InChI=1S/C23H29N3O3/c1-23(2,3)29-22(28)24-15-8-13-21(27)25-18-10-5-7-12-20(18)26-16-14-17-9-4-6-11-19(17)26/h4-7,9-12H,8,13-16H2,1-3H3,(H,24,28)(H,25,27). The van der Waals surface area contributed by atoms with E-state index >= 15 is 0 Å². The molecule has 0 atom stereocenters. The maximum absolute atomic E-state index is 12.4. The number of para-hydroxylation sites is 3. The number of rotatable bonds is 6. The molecule has 29 heavy (non-hydrogen) atoms. The number of nitrogens with zero attached hydrogens (tertiary/aromatic N) is 1. The third-order valence-electron chi connectivity index (χ3n) is 4.60. The molecule has 0 bridgehead atoms. The molecule has 0 fully saturated rings. The molecule has 154 valence electrons. The van der Waals surface area contributed by atoms with Gasteiger partial charge in [-0.25, -0.2) is 4.79 Å². The number of hydrogen-bond donors (Lipinski definition) is 2. The number of carbonyl (C=O) groups excluding carboxylic acids is 2. The topological polar surface area (TPSA) is 70.7 Å². The highest BCUT2D eigenvalue weighted by Crippen LogP contribution is 2.38. The Hall–Kier alpha value is -3.02. The van der Waals surface area contributed by atoms with Crippen molar-refractivity contribution in [1.82, 2.24) is 5.32 Å². The second kappa shape index (κ2) is 8.99. The fourth-order valence-corrected chi connectivity index (χ4v) is 3.37. The number of fused-ring (bicyclic) bond motifs is 1. The van der Waals surface area contributed by atoms with Crippen molar-refractivity contribution in [2.75, 3.05) is 23.3 Å². The second-order valence-corrected chi connectivity index (χ2v) is 8.13. The van der Waals surface area contributed by atoms with Crippen LogP contribution in [0.25, 0.3) is 0 Å². The second-order valence-electron chi connectivity index (χ2n) is 8.13. The monoisotopic (exact) mass is 395 g/mol. The lowest BCUT2D eigenvalue weighted by Gasteiger charge is -2.23. The molecule has 6 nitrogen and oxygen atoms in total. The van der Waals surface area contributed by atoms with Crippen LogP contribution < -0.4 is 15.5 Å². The Morgan fingerprint density at radius 2 is 1.72 bits per heavy atom. The summed E-state index contributed by atoms with van der Waals surface area (Å²) in [5, 5.41) is 5.70. The van der Waals surface area contributed by atoms with Crippen molar-refractivity contribution in [2.45, 2.75) is 45.6 Å². The van der Waals surface area contributed by atoms with Gasteiger partial charge in [0.25, 0.3) is 0 Å². The van der Waals surface area contributed by atoms with Crippen molar-refractivity contribution in [2.24, 2.45) is 0 Å². The largest absolute Gasteiger partial charge is 0.444 e. The van der Waals surface area contributed by atoms with Crippen molar-refractivity contribution in [3.63, 3.8) is 0 Å². The van der Waals surface area contributed by atoms with Crippen LogP contribution in [0.3, 0.4) is 0 Å². The summed E-state index contributed by atoms with van der Waals surface area (Å²) in [6.45, 7) is 6.73. The van der Waals surface area contributed by atoms with Gasteiger partial charge in [-0.3, -0.25) is 4.79 Å². The number of alkyl carbamates (subject to hydrolysis) is 1. The van der Waals surface area contributed by atoms with Crippen LogP contribution in [0.1, 0.15) is 39.2 Å². The van der Waals surface area contributed by atoms with E-state index in [1.807, 2.05) is 51.1 Å². The van der Waals surface area contributed by atoms with E-state index in [0.29, 0.717) is 19.4 Å². The van der Waals surface area contributed by atoms with Gasteiger partial charge in [-0.1, -0.05) is 30.3 Å². The number of nitrogens with one attached hydrogen (secondary N) is 2. The van der Waals surface area contributed by atoms with Crippen LogP contribution in [0.2, 0.25) is 0 Å². The molecule has 2 amide bonds. The molecular formula is C23H29N3O3. The van der Waals surface area contributed by atoms with Gasteiger partial charge in [0.1, 0.15) is 5.60 Å². The van der Waals surface area contributed by atoms with Crippen LogP contribution in [-0.4, -0.2) is 30.7 Å². The Balaban J connectivity index is 1.54. The van der Waals surface area contributed by atoms with Crippen LogP contribution >= 0.6 is 0 Å².